The summed E-state index contributed by atoms with van der Waals surface area (Å²) in [5, 5.41) is 15.3. The van der Waals surface area contributed by atoms with Crippen molar-refractivity contribution in [3.63, 3.8) is 0 Å². The molecule has 0 aromatic carbocycles. The van der Waals surface area contributed by atoms with Crippen LogP contribution in [0, 0.1) is 0 Å². The van der Waals surface area contributed by atoms with Crippen molar-refractivity contribution in [2.75, 3.05) is 43.8 Å². The molecule has 0 bridgehead atoms. The first-order valence-corrected chi connectivity index (χ1v) is 10.8. The largest absolute Gasteiger partial charge is 0.357 e. The Bertz CT molecular complexity index is 626. The van der Waals surface area contributed by atoms with Crippen molar-refractivity contribution in [2.24, 2.45) is 0 Å². The lowest BCUT2D eigenvalue weighted by atomic mass is 10.3. The van der Waals surface area contributed by atoms with Crippen molar-refractivity contribution in [3.8, 4) is 0 Å². The number of piperazine rings is 1. The second-order valence-electron chi connectivity index (χ2n) is 6.96. The monoisotopic (exact) mass is 398 g/mol. The van der Waals surface area contributed by atoms with E-state index in [-0.39, 0.29) is 17.9 Å². The number of hydrogen-bond acceptors (Lipinski definition) is 8. The van der Waals surface area contributed by atoms with Crippen LogP contribution < -0.4 is 10.6 Å². The molecule has 0 atom stereocenters. The highest BCUT2D eigenvalue weighted by molar-refractivity contribution is 8.01. The van der Waals surface area contributed by atoms with E-state index in [0.717, 1.165) is 22.6 Å². The minimum absolute atomic E-state index is 0.0437. The van der Waals surface area contributed by atoms with Crippen LogP contribution in [0.15, 0.2) is 4.34 Å². The molecule has 8 nitrogen and oxygen atoms in total. The second-order valence-corrected chi connectivity index (χ2v) is 9.16. The van der Waals surface area contributed by atoms with E-state index in [2.05, 4.69) is 25.7 Å². The quantitative estimate of drug-likeness (QED) is 0.628. The predicted molar refractivity (Wildman–Crippen MR) is 104 cm³/mol. The molecule has 1 saturated carbocycles. The maximum absolute atomic E-state index is 12.4. The zero-order valence-electron chi connectivity index (χ0n) is 15.2. The standard InChI is InChI=1S/C16H26N6O2S2/c1-11(2)17-13(23)9-21-5-7-22(8-6-21)14(24)10-25-16-20-19-15(26-16)18-12-3-4-12/h11-12H,3-10H2,1-2H3,(H,17,23)(H,18,19). The maximum Gasteiger partial charge on any atom is 0.234 e. The number of hydrogen-bond donors (Lipinski definition) is 2. The molecule has 2 aliphatic rings. The lowest BCUT2D eigenvalue weighted by Gasteiger charge is -2.34. The van der Waals surface area contributed by atoms with Crippen molar-refractivity contribution in [1.29, 1.82) is 0 Å². The number of thioether (sulfide) groups is 1. The van der Waals surface area contributed by atoms with Gasteiger partial charge in [-0.1, -0.05) is 23.1 Å². The molecule has 1 aromatic rings. The molecule has 0 radical (unpaired) electrons. The van der Waals surface area contributed by atoms with Gasteiger partial charge in [0.05, 0.1) is 12.3 Å². The summed E-state index contributed by atoms with van der Waals surface area (Å²) in [6.45, 7) is 7.10. The van der Waals surface area contributed by atoms with Crippen molar-refractivity contribution < 1.29 is 9.59 Å². The van der Waals surface area contributed by atoms with E-state index in [4.69, 9.17) is 0 Å². The summed E-state index contributed by atoms with van der Waals surface area (Å²) in [7, 11) is 0. The van der Waals surface area contributed by atoms with Crippen LogP contribution in [0.2, 0.25) is 0 Å². The summed E-state index contributed by atoms with van der Waals surface area (Å²) < 4.78 is 0.825. The van der Waals surface area contributed by atoms with E-state index in [9.17, 15) is 9.59 Å². The minimum atomic E-state index is 0.0437. The van der Waals surface area contributed by atoms with Gasteiger partial charge in [0.25, 0.3) is 0 Å². The first kappa shape index (κ1) is 19.4. The molecule has 26 heavy (non-hydrogen) atoms. The van der Waals surface area contributed by atoms with Crippen LogP contribution in [0.25, 0.3) is 0 Å². The molecule has 0 spiro atoms. The van der Waals surface area contributed by atoms with Gasteiger partial charge in [0.15, 0.2) is 4.34 Å². The summed E-state index contributed by atoms with van der Waals surface area (Å²) in [4.78, 5) is 28.2. The van der Waals surface area contributed by atoms with Gasteiger partial charge in [-0.3, -0.25) is 14.5 Å². The van der Waals surface area contributed by atoms with Crippen LogP contribution in [0.5, 0.6) is 0 Å². The molecule has 1 saturated heterocycles. The first-order valence-electron chi connectivity index (χ1n) is 9.02. The average Bonchev–Trinajstić information content (AvgIpc) is 3.29. The van der Waals surface area contributed by atoms with Gasteiger partial charge in [0, 0.05) is 38.3 Å². The molecule has 1 aromatic heterocycles. The van der Waals surface area contributed by atoms with Gasteiger partial charge in [-0.15, -0.1) is 10.2 Å². The van der Waals surface area contributed by atoms with Gasteiger partial charge in [-0.25, -0.2) is 0 Å². The average molecular weight is 399 g/mol. The Morgan fingerprint density at radius 2 is 1.96 bits per heavy atom. The fraction of sp³-hybridized carbons (Fsp3) is 0.750. The van der Waals surface area contributed by atoms with E-state index < -0.39 is 0 Å². The summed E-state index contributed by atoms with van der Waals surface area (Å²) in [5.41, 5.74) is 0. The number of anilines is 1. The van der Waals surface area contributed by atoms with Crippen LogP contribution >= 0.6 is 23.1 Å². The Hall–Kier alpha value is -1.39. The van der Waals surface area contributed by atoms with E-state index >= 15 is 0 Å². The summed E-state index contributed by atoms with van der Waals surface area (Å²) in [5.74, 6) is 0.543. The normalized spacial score (nSPS) is 18.2. The van der Waals surface area contributed by atoms with Crippen LogP contribution in [0.4, 0.5) is 5.13 Å². The Labute approximate surface area is 162 Å². The van der Waals surface area contributed by atoms with Gasteiger partial charge in [0.2, 0.25) is 16.9 Å². The number of carbonyl (C=O) groups excluding carboxylic acids is 2. The van der Waals surface area contributed by atoms with E-state index in [1.165, 1.54) is 35.9 Å². The van der Waals surface area contributed by atoms with Gasteiger partial charge in [0.1, 0.15) is 0 Å². The Kier molecular flexibility index (Phi) is 6.71. The molecule has 1 aliphatic heterocycles. The van der Waals surface area contributed by atoms with Gasteiger partial charge >= 0.3 is 0 Å². The Balaban J connectivity index is 1.35. The van der Waals surface area contributed by atoms with Crippen molar-refractivity contribution in [1.82, 2.24) is 25.3 Å². The summed E-state index contributed by atoms with van der Waals surface area (Å²) >= 11 is 2.95. The zero-order valence-corrected chi connectivity index (χ0v) is 16.9. The highest BCUT2D eigenvalue weighted by Gasteiger charge is 2.24. The maximum atomic E-state index is 12.4. The SMILES string of the molecule is CC(C)NC(=O)CN1CCN(C(=O)CSc2nnc(NC3CC3)s2)CC1. The third-order valence-electron chi connectivity index (χ3n) is 4.17. The number of nitrogens with zero attached hydrogens (tertiary/aromatic N) is 4. The summed E-state index contributed by atoms with van der Waals surface area (Å²) in [6, 6.07) is 0.712. The van der Waals surface area contributed by atoms with Crippen molar-refractivity contribution in [2.45, 2.75) is 43.1 Å². The number of aromatic nitrogens is 2. The molecular weight excluding hydrogens is 372 g/mol. The van der Waals surface area contributed by atoms with Crippen molar-refractivity contribution >= 4 is 40.0 Å². The van der Waals surface area contributed by atoms with E-state index in [1.807, 2.05) is 18.7 Å². The topological polar surface area (TPSA) is 90.5 Å². The lowest BCUT2D eigenvalue weighted by molar-refractivity contribution is -0.130. The molecule has 1 aliphatic carbocycles. The molecule has 2 N–H and O–H groups in total. The lowest BCUT2D eigenvalue weighted by Crippen LogP contribution is -2.51. The smallest absolute Gasteiger partial charge is 0.234 e. The fourth-order valence-corrected chi connectivity index (χ4v) is 4.40. The summed E-state index contributed by atoms with van der Waals surface area (Å²) in [6.07, 6.45) is 2.40. The highest BCUT2D eigenvalue weighted by Crippen LogP contribution is 2.30. The Morgan fingerprint density at radius 3 is 2.62 bits per heavy atom. The highest BCUT2D eigenvalue weighted by atomic mass is 32.2. The molecule has 10 heteroatoms. The zero-order chi connectivity index (χ0) is 18.5. The van der Waals surface area contributed by atoms with E-state index in [1.54, 1.807) is 0 Å². The van der Waals surface area contributed by atoms with Crippen LogP contribution in [-0.4, -0.2) is 82.4 Å². The molecule has 2 fully saturated rings. The second kappa shape index (κ2) is 9.01. The van der Waals surface area contributed by atoms with Gasteiger partial charge in [-0.05, 0) is 26.7 Å². The number of rotatable bonds is 8. The molecule has 2 amide bonds. The number of carbonyl (C=O) groups is 2. The van der Waals surface area contributed by atoms with Gasteiger partial charge < -0.3 is 15.5 Å². The molecule has 2 heterocycles. The first-order chi connectivity index (χ1) is 12.5. The molecule has 3 rings (SSSR count). The molecular formula is C16H26N6O2S2. The van der Waals surface area contributed by atoms with Gasteiger partial charge in [-0.2, -0.15) is 0 Å². The third-order valence-corrected chi connectivity index (χ3v) is 6.14. The number of nitrogens with one attached hydrogen (secondary N) is 2. The Morgan fingerprint density at radius 1 is 1.23 bits per heavy atom. The van der Waals surface area contributed by atoms with Crippen LogP contribution in [0.1, 0.15) is 26.7 Å². The molecule has 0 unspecified atom stereocenters. The third kappa shape index (κ3) is 6.10. The number of amides is 2. The fourth-order valence-electron chi connectivity index (χ4n) is 2.67. The minimum Gasteiger partial charge on any atom is -0.357 e. The van der Waals surface area contributed by atoms with Crippen LogP contribution in [0.3, 0.4) is 0 Å². The van der Waals surface area contributed by atoms with Crippen molar-refractivity contribution in [3.05, 3.63) is 0 Å². The van der Waals surface area contributed by atoms with E-state index in [0.29, 0.717) is 31.4 Å². The van der Waals surface area contributed by atoms with Crippen LogP contribution in [-0.2, 0) is 9.59 Å². The molecule has 144 valence electrons. The predicted octanol–water partition coefficient (Wildman–Crippen LogP) is 0.873.